The Balaban J connectivity index is 1.41. The fraction of sp³-hybridized carbons (Fsp3) is 0.407. The smallest absolute Gasteiger partial charge is 0.259 e. The van der Waals surface area contributed by atoms with Crippen molar-refractivity contribution >= 4 is 22.9 Å². The number of aromatic nitrogens is 1. The summed E-state index contributed by atoms with van der Waals surface area (Å²) >= 11 is 1.71. The molecule has 0 radical (unpaired) electrons. The van der Waals surface area contributed by atoms with Crippen LogP contribution in [0.2, 0.25) is 0 Å². The molecule has 0 atom stereocenters. The number of anilines is 1. The maximum atomic E-state index is 13.7. The lowest BCUT2D eigenvalue weighted by molar-refractivity contribution is 0.0743. The van der Waals surface area contributed by atoms with Crippen LogP contribution in [0.5, 0.6) is 0 Å². The SMILES string of the molecule is Cc1ccc(N2CCN(C(=O)c3c(C4CC4)n(Cc4cccs4)c(C)cc3=O)CC2)c(C)c1. The van der Waals surface area contributed by atoms with E-state index in [0.29, 0.717) is 24.6 Å². The Morgan fingerprint density at radius 1 is 1.03 bits per heavy atom. The van der Waals surface area contributed by atoms with E-state index in [4.69, 9.17) is 0 Å². The Labute approximate surface area is 199 Å². The van der Waals surface area contributed by atoms with Gasteiger partial charge in [-0.25, -0.2) is 0 Å². The summed E-state index contributed by atoms with van der Waals surface area (Å²) < 4.78 is 2.21. The van der Waals surface area contributed by atoms with E-state index in [1.807, 2.05) is 11.8 Å². The van der Waals surface area contributed by atoms with E-state index in [-0.39, 0.29) is 11.3 Å². The van der Waals surface area contributed by atoms with E-state index in [0.717, 1.165) is 43.9 Å². The minimum absolute atomic E-state index is 0.0953. The molecule has 5 rings (SSSR count). The molecule has 0 bridgehead atoms. The summed E-state index contributed by atoms with van der Waals surface area (Å²) in [7, 11) is 0. The molecule has 3 aromatic rings. The first kappa shape index (κ1) is 22.0. The second-order valence-electron chi connectivity index (χ2n) is 9.42. The van der Waals surface area contributed by atoms with Gasteiger partial charge in [-0.2, -0.15) is 0 Å². The van der Waals surface area contributed by atoms with Gasteiger partial charge in [0.15, 0.2) is 5.43 Å². The molecule has 1 aliphatic carbocycles. The van der Waals surface area contributed by atoms with Gasteiger partial charge < -0.3 is 14.4 Å². The van der Waals surface area contributed by atoms with Gasteiger partial charge >= 0.3 is 0 Å². The van der Waals surface area contributed by atoms with Crippen molar-refractivity contribution in [2.75, 3.05) is 31.1 Å². The van der Waals surface area contributed by atoms with Gasteiger partial charge in [-0.3, -0.25) is 9.59 Å². The van der Waals surface area contributed by atoms with E-state index in [9.17, 15) is 9.59 Å². The van der Waals surface area contributed by atoms with Gasteiger partial charge in [0, 0.05) is 60.1 Å². The Morgan fingerprint density at radius 2 is 1.79 bits per heavy atom. The third-order valence-corrected chi connectivity index (χ3v) is 7.75. The Kier molecular flexibility index (Phi) is 5.87. The number of aryl methyl sites for hydroxylation is 3. The molecule has 1 aliphatic heterocycles. The molecule has 0 spiro atoms. The number of amides is 1. The molecule has 1 aromatic carbocycles. The molecule has 2 fully saturated rings. The van der Waals surface area contributed by atoms with Crippen LogP contribution in [-0.4, -0.2) is 41.6 Å². The van der Waals surface area contributed by atoms with Crippen molar-refractivity contribution in [3.05, 3.63) is 85.0 Å². The van der Waals surface area contributed by atoms with Gasteiger partial charge in [-0.05, 0) is 56.7 Å². The molecule has 1 saturated carbocycles. The van der Waals surface area contributed by atoms with E-state index in [1.54, 1.807) is 17.4 Å². The Bertz CT molecular complexity index is 1230. The number of rotatable bonds is 5. The van der Waals surface area contributed by atoms with E-state index in [1.165, 1.54) is 21.7 Å². The van der Waals surface area contributed by atoms with Crippen LogP contribution in [0.1, 0.15) is 56.5 Å². The van der Waals surface area contributed by atoms with Crippen molar-refractivity contribution in [2.24, 2.45) is 0 Å². The van der Waals surface area contributed by atoms with E-state index < -0.39 is 0 Å². The summed E-state index contributed by atoms with van der Waals surface area (Å²) in [6, 6.07) is 12.3. The molecular weight excluding hydrogens is 430 g/mol. The maximum absolute atomic E-state index is 13.7. The molecule has 5 nitrogen and oxygen atoms in total. The average molecular weight is 462 g/mol. The first-order valence-electron chi connectivity index (χ1n) is 11.8. The highest BCUT2D eigenvalue weighted by atomic mass is 32.1. The molecule has 3 heterocycles. The number of carbonyl (C=O) groups is 1. The van der Waals surface area contributed by atoms with Crippen LogP contribution in [0.3, 0.4) is 0 Å². The van der Waals surface area contributed by atoms with Gasteiger partial charge in [0.2, 0.25) is 0 Å². The third-order valence-electron chi connectivity index (χ3n) is 6.89. The largest absolute Gasteiger partial charge is 0.368 e. The number of thiophene rings is 1. The zero-order valence-electron chi connectivity index (χ0n) is 19.6. The minimum atomic E-state index is -0.126. The van der Waals surface area contributed by atoms with E-state index >= 15 is 0 Å². The second kappa shape index (κ2) is 8.82. The molecule has 1 saturated heterocycles. The standard InChI is InChI=1S/C27H31N3O2S/c1-18-6-9-23(19(2)15-18)28-10-12-29(13-11-28)27(32)25-24(31)16-20(3)30(26(25)21-7-8-21)17-22-5-4-14-33-22/h4-6,9,14-16,21H,7-8,10-13,17H2,1-3H3. The molecular formula is C27H31N3O2S. The van der Waals surface area contributed by atoms with Crippen molar-refractivity contribution in [2.45, 2.75) is 46.1 Å². The van der Waals surface area contributed by atoms with Crippen molar-refractivity contribution in [1.29, 1.82) is 0 Å². The molecule has 2 aliphatic rings. The summed E-state index contributed by atoms with van der Waals surface area (Å²) in [6.07, 6.45) is 2.10. The summed E-state index contributed by atoms with van der Waals surface area (Å²) in [6.45, 7) is 9.78. The summed E-state index contributed by atoms with van der Waals surface area (Å²) in [5.74, 6) is 0.218. The van der Waals surface area contributed by atoms with Crippen molar-refractivity contribution in [3.8, 4) is 0 Å². The molecule has 0 N–H and O–H groups in total. The van der Waals surface area contributed by atoms with Crippen molar-refractivity contribution in [1.82, 2.24) is 9.47 Å². The number of benzene rings is 1. The van der Waals surface area contributed by atoms with Gasteiger partial charge in [-0.15, -0.1) is 11.3 Å². The van der Waals surface area contributed by atoms with E-state index in [2.05, 4.69) is 59.0 Å². The zero-order valence-corrected chi connectivity index (χ0v) is 20.5. The number of nitrogens with zero attached hydrogens (tertiary/aromatic N) is 3. The zero-order chi connectivity index (χ0) is 23.1. The predicted octanol–water partition coefficient (Wildman–Crippen LogP) is 4.72. The maximum Gasteiger partial charge on any atom is 0.259 e. The lowest BCUT2D eigenvalue weighted by Gasteiger charge is -2.37. The van der Waals surface area contributed by atoms with Crippen LogP contribution in [0.25, 0.3) is 0 Å². The lowest BCUT2D eigenvalue weighted by Crippen LogP contribution is -2.50. The highest BCUT2D eigenvalue weighted by molar-refractivity contribution is 7.09. The van der Waals surface area contributed by atoms with Crippen LogP contribution in [0.15, 0.2) is 46.6 Å². The number of hydrogen-bond donors (Lipinski definition) is 0. The topological polar surface area (TPSA) is 45.5 Å². The number of carbonyl (C=O) groups excluding carboxylic acids is 1. The van der Waals surface area contributed by atoms with Gasteiger partial charge in [0.05, 0.1) is 6.54 Å². The van der Waals surface area contributed by atoms with Crippen LogP contribution >= 0.6 is 11.3 Å². The van der Waals surface area contributed by atoms with Gasteiger partial charge in [0.1, 0.15) is 5.56 Å². The van der Waals surface area contributed by atoms with Crippen molar-refractivity contribution < 1.29 is 4.79 Å². The second-order valence-corrected chi connectivity index (χ2v) is 10.5. The molecule has 6 heteroatoms. The van der Waals surface area contributed by atoms with Crippen LogP contribution in [-0.2, 0) is 6.54 Å². The normalized spacial score (nSPS) is 16.3. The minimum Gasteiger partial charge on any atom is -0.368 e. The number of piperazine rings is 1. The van der Waals surface area contributed by atoms with Crippen molar-refractivity contribution in [3.63, 3.8) is 0 Å². The molecule has 1 amide bonds. The summed E-state index contributed by atoms with van der Waals surface area (Å²) in [5, 5.41) is 2.07. The molecule has 2 aromatic heterocycles. The monoisotopic (exact) mass is 461 g/mol. The lowest BCUT2D eigenvalue weighted by atomic mass is 10.0. The Morgan fingerprint density at radius 3 is 2.42 bits per heavy atom. The highest BCUT2D eigenvalue weighted by Gasteiger charge is 2.35. The first-order valence-corrected chi connectivity index (χ1v) is 12.7. The highest BCUT2D eigenvalue weighted by Crippen LogP contribution is 2.42. The number of hydrogen-bond acceptors (Lipinski definition) is 4. The average Bonchev–Trinajstić information content (AvgIpc) is 3.50. The van der Waals surface area contributed by atoms with Crippen LogP contribution in [0.4, 0.5) is 5.69 Å². The van der Waals surface area contributed by atoms with Gasteiger partial charge in [0.25, 0.3) is 5.91 Å². The summed E-state index contributed by atoms with van der Waals surface area (Å²) in [4.78, 5) is 32.3. The van der Waals surface area contributed by atoms with Crippen LogP contribution in [0, 0.1) is 20.8 Å². The van der Waals surface area contributed by atoms with Crippen LogP contribution < -0.4 is 10.3 Å². The quantitative estimate of drug-likeness (QED) is 0.552. The third kappa shape index (κ3) is 4.36. The Hall–Kier alpha value is -2.86. The molecule has 0 unspecified atom stereocenters. The fourth-order valence-electron chi connectivity index (χ4n) is 5.02. The van der Waals surface area contributed by atoms with Gasteiger partial charge in [-0.1, -0.05) is 23.8 Å². The molecule has 172 valence electrons. The fourth-order valence-corrected chi connectivity index (χ4v) is 5.72. The first-order chi connectivity index (χ1) is 15.9. The summed E-state index contributed by atoms with van der Waals surface area (Å²) in [5.41, 5.74) is 5.93. The molecule has 33 heavy (non-hydrogen) atoms. The predicted molar refractivity (Wildman–Crippen MR) is 135 cm³/mol. The number of pyridine rings is 1.